The molecule has 0 atom stereocenters. The third kappa shape index (κ3) is 3.92. The first-order chi connectivity index (χ1) is 9.01. The summed E-state index contributed by atoms with van der Waals surface area (Å²) in [6, 6.07) is 0. The molecule has 7 nitrogen and oxygen atoms in total. The molecule has 0 bridgehead atoms. The second-order valence-electron chi connectivity index (χ2n) is 4.58. The minimum atomic E-state index is -0.603. The molecule has 1 rings (SSSR count). The highest BCUT2D eigenvalue weighted by Crippen LogP contribution is 2.17. The summed E-state index contributed by atoms with van der Waals surface area (Å²) in [7, 11) is 0. The van der Waals surface area contributed by atoms with Crippen LogP contribution < -0.4 is 5.73 Å². The number of piperidine rings is 1. The summed E-state index contributed by atoms with van der Waals surface area (Å²) in [5, 5.41) is 8.83. The molecular formula is C12H21N3O4. The minimum absolute atomic E-state index is 0.152. The fourth-order valence-electron chi connectivity index (χ4n) is 2.16. The zero-order chi connectivity index (χ0) is 14.4. The summed E-state index contributed by atoms with van der Waals surface area (Å²) in [6.45, 7) is 2.85. The van der Waals surface area contributed by atoms with E-state index in [4.69, 9.17) is 10.8 Å². The number of likely N-dealkylation sites (N-methyl/N-ethyl adjacent to an activating group) is 1. The van der Waals surface area contributed by atoms with E-state index in [9.17, 15) is 14.4 Å². The first kappa shape index (κ1) is 15.4. The highest BCUT2D eigenvalue weighted by atomic mass is 16.3. The maximum Gasteiger partial charge on any atom is 0.312 e. The number of likely N-dealkylation sites (tertiary alicyclic amines) is 1. The fraction of sp³-hybridized carbons (Fsp3) is 0.750. The number of rotatable bonds is 4. The number of carbonyl (C=O) groups is 3. The highest BCUT2D eigenvalue weighted by Gasteiger charge is 2.30. The van der Waals surface area contributed by atoms with E-state index in [-0.39, 0.29) is 25.0 Å². The van der Waals surface area contributed by atoms with Crippen molar-refractivity contribution in [2.45, 2.75) is 19.8 Å². The molecule has 1 saturated heterocycles. The Labute approximate surface area is 112 Å². The van der Waals surface area contributed by atoms with Crippen LogP contribution in [0.5, 0.6) is 0 Å². The van der Waals surface area contributed by atoms with Crippen LogP contribution >= 0.6 is 0 Å². The molecule has 1 aliphatic heterocycles. The molecule has 1 fully saturated rings. The number of aliphatic hydroxyl groups is 1. The van der Waals surface area contributed by atoms with E-state index in [2.05, 4.69) is 0 Å². The van der Waals surface area contributed by atoms with Gasteiger partial charge in [0.2, 0.25) is 5.91 Å². The second kappa shape index (κ2) is 7.08. The van der Waals surface area contributed by atoms with Gasteiger partial charge in [0.25, 0.3) is 0 Å². The predicted molar refractivity (Wildman–Crippen MR) is 67.8 cm³/mol. The van der Waals surface area contributed by atoms with Gasteiger partial charge in [-0.3, -0.25) is 14.4 Å². The van der Waals surface area contributed by atoms with E-state index < -0.39 is 11.8 Å². The maximum atomic E-state index is 12.0. The summed E-state index contributed by atoms with van der Waals surface area (Å²) in [6.07, 6.45) is 1.00. The monoisotopic (exact) mass is 271 g/mol. The summed E-state index contributed by atoms with van der Waals surface area (Å²) < 4.78 is 0. The van der Waals surface area contributed by atoms with Crippen molar-refractivity contribution in [3.8, 4) is 0 Å². The molecule has 1 heterocycles. The molecular weight excluding hydrogens is 250 g/mol. The number of primary amides is 1. The van der Waals surface area contributed by atoms with Crippen LogP contribution in [0.4, 0.5) is 0 Å². The van der Waals surface area contributed by atoms with E-state index in [1.165, 1.54) is 9.80 Å². The summed E-state index contributed by atoms with van der Waals surface area (Å²) in [5.74, 6) is -1.74. The first-order valence-electron chi connectivity index (χ1n) is 6.49. The van der Waals surface area contributed by atoms with Crippen molar-refractivity contribution in [2.24, 2.45) is 11.7 Å². The molecule has 19 heavy (non-hydrogen) atoms. The Morgan fingerprint density at radius 2 is 1.89 bits per heavy atom. The average Bonchev–Trinajstić information content (AvgIpc) is 2.43. The number of amides is 3. The Morgan fingerprint density at radius 3 is 2.32 bits per heavy atom. The molecule has 3 amide bonds. The molecule has 0 aromatic rings. The van der Waals surface area contributed by atoms with Gasteiger partial charge in [0.15, 0.2) is 0 Å². The fourth-order valence-corrected chi connectivity index (χ4v) is 2.16. The van der Waals surface area contributed by atoms with Gasteiger partial charge in [-0.15, -0.1) is 0 Å². The first-order valence-corrected chi connectivity index (χ1v) is 6.49. The van der Waals surface area contributed by atoms with E-state index in [1.807, 2.05) is 0 Å². The quantitative estimate of drug-likeness (QED) is 0.610. The van der Waals surface area contributed by atoms with Crippen molar-refractivity contribution in [1.29, 1.82) is 0 Å². The third-order valence-corrected chi connectivity index (χ3v) is 3.41. The zero-order valence-corrected chi connectivity index (χ0v) is 11.2. The van der Waals surface area contributed by atoms with Crippen molar-refractivity contribution >= 4 is 17.7 Å². The number of nitrogens with zero attached hydrogens (tertiary/aromatic N) is 2. The molecule has 0 saturated carbocycles. The molecule has 0 spiro atoms. The Bertz CT molecular complexity index is 351. The van der Waals surface area contributed by atoms with Crippen LogP contribution in [-0.4, -0.2) is 65.4 Å². The Balaban J connectivity index is 2.54. The topological polar surface area (TPSA) is 104 Å². The van der Waals surface area contributed by atoms with E-state index in [0.29, 0.717) is 32.5 Å². The molecule has 0 aliphatic carbocycles. The van der Waals surface area contributed by atoms with Crippen molar-refractivity contribution in [1.82, 2.24) is 9.80 Å². The van der Waals surface area contributed by atoms with Crippen LogP contribution in [0.25, 0.3) is 0 Å². The Hall–Kier alpha value is -1.63. The van der Waals surface area contributed by atoms with Crippen LogP contribution in [0.15, 0.2) is 0 Å². The lowest BCUT2D eigenvalue weighted by molar-refractivity contribution is -0.153. The van der Waals surface area contributed by atoms with Crippen LogP contribution in [0.1, 0.15) is 19.8 Å². The predicted octanol–water partition coefficient (Wildman–Crippen LogP) is -1.45. The molecule has 1 aliphatic rings. The number of aliphatic hydroxyl groups excluding tert-OH is 1. The lowest BCUT2D eigenvalue weighted by Gasteiger charge is -2.31. The minimum Gasteiger partial charge on any atom is -0.395 e. The Morgan fingerprint density at radius 1 is 1.32 bits per heavy atom. The lowest BCUT2D eigenvalue weighted by atomic mass is 9.96. The lowest BCUT2D eigenvalue weighted by Crippen LogP contribution is -2.49. The summed E-state index contributed by atoms with van der Waals surface area (Å²) in [5.41, 5.74) is 5.21. The van der Waals surface area contributed by atoms with Gasteiger partial charge in [-0.05, 0) is 19.8 Å². The van der Waals surface area contributed by atoms with E-state index in [0.717, 1.165) is 0 Å². The van der Waals surface area contributed by atoms with Crippen molar-refractivity contribution in [3.05, 3.63) is 0 Å². The standard InChI is InChI=1S/C12H21N3O4/c1-2-14(7-8-16)11(18)12(19)15-5-3-9(4-6-15)10(13)17/h9,16H,2-8H2,1H3,(H2,13,17). The number of hydrogen-bond donors (Lipinski definition) is 2. The van der Waals surface area contributed by atoms with Gasteiger partial charge < -0.3 is 20.6 Å². The molecule has 0 unspecified atom stereocenters. The van der Waals surface area contributed by atoms with Gasteiger partial charge in [0.1, 0.15) is 0 Å². The zero-order valence-electron chi connectivity index (χ0n) is 11.2. The normalized spacial score (nSPS) is 16.2. The molecule has 108 valence electrons. The maximum absolute atomic E-state index is 12.0. The third-order valence-electron chi connectivity index (χ3n) is 3.41. The van der Waals surface area contributed by atoms with Crippen LogP contribution in [-0.2, 0) is 14.4 Å². The summed E-state index contributed by atoms with van der Waals surface area (Å²) >= 11 is 0. The largest absolute Gasteiger partial charge is 0.395 e. The highest BCUT2D eigenvalue weighted by molar-refractivity contribution is 6.34. The molecule has 0 aromatic carbocycles. The smallest absolute Gasteiger partial charge is 0.312 e. The molecule has 0 radical (unpaired) electrons. The molecule has 7 heteroatoms. The van der Waals surface area contributed by atoms with Gasteiger partial charge >= 0.3 is 11.8 Å². The van der Waals surface area contributed by atoms with Crippen LogP contribution in [0, 0.1) is 5.92 Å². The second-order valence-corrected chi connectivity index (χ2v) is 4.58. The molecule has 0 aromatic heterocycles. The van der Waals surface area contributed by atoms with Crippen LogP contribution in [0.2, 0.25) is 0 Å². The van der Waals surface area contributed by atoms with Gasteiger partial charge in [0, 0.05) is 32.1 Å². The molecule has 3 N–H and O–H groups in total. The van der Waals surface area contributed by atoms with Crippen molar-refractivity contribution < 1.29 is 19.5 Å². The number of nitrogens with two attached hydrogens (primary N) is 1. The van der Waals surface area contributed by atoms with Crippen molar-refractivity contribution in [2.75, 3.05) is 32.8 Å². The van der Waals surface area contributed by atoms with E-state index >= 15 is 0 Å². The van der Waals surface area contributed by atoms with Crippen molar-refractivity contribution in [3.63, 3.8) is 0 Å². The SMILES string of the molecule is CCN(CCO)C(=O)C(=O)N1CCC(C(N)=O)CC1. The van der Waals surface area contributed by atoms with Gasteiger partial charge in [0.05, 0.1) is 6.61 Å². The summed E-state index contributed by atoms with van der Waals surface area (Å²) in [4.78, 5) is 37.7. The van der Waals surface area contributed by atoms with E-state index in [1.54, 1.807) is 6.92 Å². The van der Waals surface area contributed by atoms with Gasteiger partial charge in [-0.1, -0.05) is 0 Å². The number of hydrogen-bond acceptors (Lipinski definition) is 4. The van der Waals surface area contributed by atoms with Gasteiger partial charge in [-0.2, -0.15) is 0 Å². The average molecular weight is 271 g/mol. The van der Waals surface area contributed by atoms with Gasteiger partial charge in [-0.25, -0.2) is 0 Å². The Kier molecular flexibility index (Phi) is 5.75. The number of carbonyl (C=O) groups excluding carboxylic acids is 3. The van der Waals surface area contributed by atoms with Crippen LogP contribution in [0.3, 0.4) is 0 Å².